The van der Waals surface area contributed by atoms with Gasteiger partial charge in [0.15, 0.2) is 0 Å². The summed E-state index contributed by atoms with van der Waals surface area (Å²) in [6.07, 6.45) is 0.515. The van der Waals surface area contributed by atoms with Crippen LogP contribution in [0.25, 0.3) is 0 Å². The van der Waals surface area contributed by atoms with E-state index in [1.807, 2.05) is 57.2 Å². The quantitative estimate of drug-likeness (QED) is 0.648. The van der Waals surface area contributed by atoms with Crippen LogP contribution < -0.4 is 4.90 Å². The Labute approximate surface area is 194 Å². The van der Waals surface area contributed by atoms with Gasteiger partial charge in [0.05, 0.1) is 17.3 Å². The number of rotatable bonds is 2. The second-order valence-corrected chi connectivity index (χ2v) is 9.69. The number of nitrogens with zero attached hydrogens (tertiary/aromatic N) is 3. The second-order valence-electron chi connectivity index (χ2n) is 9.69. The van der Waals surface area contributed by atoms with Gasteiger partial charge >= 0.3 is 12.2 Å². The van der Waals surface area contributed by atoms with E-state index in [4.69, 9.17) is 9.47 Å². The smallest absolute Gasteiger partial charge is 0.414 e. The normalized spacial score (nSPS) is 16.8. The van der Waals surface area contributed by atoms with Crippen LogP contribution in [0.2, 0.25) is 0 Å². The molecule has 1 saturated heterocycles. The first-order chi connectivity index (χ1) is 15.7. The van der Waals surface area contributed by atoms with Crippen molar-refractivity contribution in [1.82, 2.24) is 4.90 Å². The Kier molecular flexibility index (Phi) is 6.03. The second kappa shape index (κ2) is 8.78. The summed E-state index contributed by atoms with van der Waals surface area (Å²) in [5, 5.41) is 9.78. The van der Waals surface area contributed by atoms with Gasteiger partial charge in [-0.25, -0.2) is 9.59 Å². The fourth-order valence-corrected chi connectivity index (χ4v) is 4.70. The molecule has 2 heterocycles. The summed E-state index contributed by atoms with van der Waals surface area (Å²) in [4.78, 5) is 29.0. The highest BCUT2D eigenvalue weighted by atomic mass is 16.6. The Morgan fingerprint density at radius 1 is 1.03 bits per heavy atom. The van der Waals surface area contributed by atoms with Gasteiger partial charge in [0.25, 0.3) is 0 Å². The van der Waals surface area contributed by atoms with Gasteiger partial charge in [0.1, 0.15) is 12.2 Å². The number of anilines is 1. The first kappa shape index (κ1) is 22.7. The van der Waals surface area contributed by atoms with Crippen molar-refractivity contribution in [3.05, 3.63) is 65.2 Å². The van der Waals surface area contributed by atoms with Gasteiger partial charge in [0, 0.05) is 30.6 Å². The molecule has 7 heteroatoms. The van der Waals surface area contributed by atoms with Gasteiger partial charge in [-0.05, 0) is 51.3 Å². The summed E-state index contributed by atoms with van der Waals surface area (Å²) in [6, 6.07) is 17.3. The van der Waals surface area contributed by atoms with Crippen molar-refractivity contribution in [1.29, 1.82) is 5.26 Å². The van der Waals surface area contributed by atoms with Crippen molar-refractivity contribution in [3.63, 3.8) is 0 Å². The molecule has 2 aliphatic heterocycles. The minimum Gasteiger partial charge on any atom is -0.445 e. The Hall–Kier alpha value is -3.53. The van der Waals surface area contributed by atoms with Crippen LogP contribution in [-0.2, 0) is 21.5 Å². The van der Waals surface area contributed by atoms with Gasteiger partial charge < -0.3 is 14.4 Å². The molecule has 2 amide bonds. The number of carbonyl (C=O) groups excluding carboxylic acids is 2. The lowest BCUT2D eigenvalue weighted by molar-refractivity contribution is 0.0561. The predicted octanol–water partition coefficient (Wildman–Crippen LogP) is 4.98. The Bertz CT molecular complexity index is 1080. The number of ether oxygens (including phenoxy) is 2. The van der Waals surface area contributed by atoms with Crippen LogP contribution in [0.1, 0.15) is 50.3 Å². The number of carbonyl (C=O) groups is 2. The van der Waals surface area contributed by atoms with Crippen molar-refractivity contribution >= 4 is 17.9 Å². The van der Waals surface area contributed by atoms with E-state index in [1.165, 1.54) is 0 Å². The van der Waals surface area contributed by atoms with E-state index < -0.39 is 17.1 Å². The van der Waals surface area contributed by atoms with Crippen LogP contribution in [0, 0.1) is 11.3 Å². The lowest BCUT2D eigenvalue weighted by atomic mass is 9.73. The molecule has 33 heavy (non-hydrogen) atoms. The van der Waals surface area contributed by atoms with Crippen molar-refractivity contribution in [2.24, 2.45) is 0 Å². The van der Waals surface area contributed by atoms with Gasteiger partial charge in [-0.1, -0.05) is 36.4 Å². The maximum absolute atomic E-state index is 13.0. The molecule has 1 fully saturated rings. The highest BCUT2D eigenvalue weighted by Crippen LogP contribution is 2.49. The van der Waals surface area contributed by atoms with Gasteiger partial charge in [-0.15, -0.1) is 0 Å². The van der Waals surface area contributed by atoms with E-state index in [9.17, 15) is 14.9 Å². The summed E-state index contributed by atoms with van der Waals surface area (Å²) >= 11 is 0. The van der Waals surface area contributed by atoms with E-state index in [0.717, 1.165) is 16.8 Å². The monoisotopic (exact) mass is 447 g/mol. The third kappa shape index (κ3) is 4.65. The van der Waals surface area contributed by atoms with E-state index in [2.05, 4.69) is 6.07 Å². The molecule has 0 aliphatic carbocycles. The van der Waals surface area contributed by atoms with Crippen LogP contribution in [-0.4, -0.2) is 42.3 Å². The van der Waals surface area contributed by atoms with Crippen LogP contribution in [0.4, 0.5) is 15.3 Å². The topological polar surface area (TPSA) is 82.9 Å². The standard InChI is InChI=1S/C26H29N3O4/c1-25(2,3)33-24(31)29-18-26(22-20(16-27)10-7-11-21(22)29)12-14-28(15-13-26)23(30)32-17-19-8-5-4-6-9-19/h4-11H,12-15,17-18H2,1-3H3. The molecule has 2 aliphatic rings. The van der Waals surface area contributed by atoms with Gasteiger partial charge in [-0.3, -0.25) is 4.90 Å². The summed E-state index contributed by atoms with van der Waals surface area (Å²) in [5.41, 5.74) is 2.11. The number of piperidine rings is 1. The molecule has 0 saturated carbocycles. The third-order valence-electron chi connectivity index (χ3n) is 6.24. The van der Waals surface area contributed by atoms with Crippen molar-refractivity contribution in [3.8, 4) is 6.07 Å². The average Bonchev–Trinajstić information content (AvgIpc) is 3.12. The molecule has 172 valence electrons. The fraction of sp³-hybridized carbons (Fsp3) is 0.423. The number of benzene rings is 2. The highest BCUT2D eigenvalue weighted by Gasteiger charge is 2.49. The van der Waals surface area contributed by atoms with E-state index >= 15 is 0 Å². The highest BCUT2D eigenvalue weighted by molar-refractivity contribution is 5.92. The number of hydrogen-bond acceptors (Lipinski definition) is 5. The first-order valence-electron chi connectivity index (χ1n) is 11.2. The van der Waals surface area contributed by atoms with Crippen molar-refractivity contribution in [2.45, 2.75) is 51.2 Å². The lowest BCUT2D eigenvalue weighted by Crippen LogP contribution is -2.48. The van der Waals surface area contributed by atoms with Crippen LogP contribution in [0.15, 0.2) is 48.5 Å². The maximum atomic E-state index is 13.0. The summed E-state index contributed by atoms with van der Waals surface area (Å²) in [5.74, 6) is 0. The zero-order valence-corrected chi connectivity index (χ0v) is 19.3. The average molecular weight is 448 g/mol. The minimum absolute atomic E-state index is 0.231. The molecule has 0 N–H and O–H groups in total. The Morgan fingerprint density at radius 3 is 2.36 bits per heavy atom. The van der Waals surface area contributed by atoms with Crippen LogP contribution in [0.3, 0.4) is 0 Å². The maximum Gasteiger partial charge on any atom is 0.414 e. The largest absolute Gasteiger partial charge is 0.445 e. The zero-order chi connectivity index (χ0) is 23.6. The predicted molar refractivity (Wildman–Crippen MR) is 124 cm³/mol. The molecule has 0 bridgehead atoms. The summed E-state index contributed by atoms with van der Waals surface area (Å²) in [7, 11) is 0. The lowest BCUT2D eigenvalue weighted by Gasteiger charge is -2.39. The SMILES string of the molecule is CC(C)(C)OC(=O)N1CC2(CCN(C(=O)OCc3ccccc3)CC2)c2c(C#N)cccc21. The Morgan fingerprint density at radius 2 is 1.73 bits per heavy atom. The summed E-state index contributed by atoms with van der Waals surface area (Å²) < 4.78 is 11.1. The van der Waals surface area contributed by atoms with E-state index in [1.54, 1.807) is 21.9 Å². The molecule has 1 spiro atoms. The van der Waals surface area contributed by atoms with Crippen molar-refractivity contribution < 1.29 is 19.1 Å². The van der Waals surface area contributed by atoms with Crippen LogP contribution in [0.5, 0.6) is 0 Å². The molecule has 2 aromatic carbocycles. The number of amides is 2. The molecule has 0 atom stereocenters. The van der Waals surface area contributed by atoms with Crippen molar-refractivity contribution in [2.75, 3.05) is 24.5 Å². The van der Waals surface area contributed by atoms with Gasteiger partial charge in [0.2, 0.25) is 0 Å². The molecular weight excluding hydrogens is 418 g/mol. The zero-order valence-electron chi connectivity index (χ0n) is 19.3. The third-order valence-corrected chi connectivity index (χ3v) is 6.24. The Balaban J connectivity index is 1.50. The number of hydrogen-bond donors (Lipinski definition) is 0. The molecule has 2 aromatic rings. The van der Waals surface area contributed by atoms with Gasteiger partial charge in [-0.2, -0.15) is 5.26 Å². The van der Waals surface area contributed by atoms with E-state index in [-0.39, 0.29) is 12.7 Å². The molecule has 7 nitrogen and oxygen atoms in total. The molecule has 0 unspecified atom stereocenters. The first-order valence-corrected chi connectivity index (χ1v) is 11.2. The number of fused-ring (bicyclic) bond motifs is 2. The number of nitriles is 1. The van der Waals surface area contributed by atoms with Crippen LogP contribution >= 0.6 is 0 Å². The van der Waals surface area contributed by atoms with E-state index in [0.29, 0.717) is 38.0 Å². The fourth-order valence-electron chi connectivity index (χ4n) is 4.70. The summed E-state index contributed by atoms with van der Waals surface area (Å²) in [6.45, 7) is 7.16. The minimum atomic E-state index is -0.619. The molecule has 4 rings (SSSR count). The molecular formula is C26H29N3O4. The number of likely N-dealkylation sites (tertiary alicyclic amines) is 1. The molecule has 0 radical (unpaired) electrons. The molecule has 0 aromatic heterocycles.